The van der Waals surface area contributed by atoms with Gasteiger partial charge in [0.05, 0.1) is 0 Å². The number of nitrogens with zero attached hydrogens (tertiary/aromatic N) is 1. The molecule has 0 amide bonds. The second kappa shape index (κ2) is 7.68. The fourth-order valence-corrected chi connectivity index (χ4v) is 3.45. The van der Waals surface area contributed by atoms with Gasteiger partial charge < -0.3 is 5.73 Å². The molecular weight excluding hydrogens is 244 g/mol. The predicted octanol–water partition coefficient (Wildman–Crippen LogP) is 4.45. The first-order valence-electron chi connectivity index (χ1n) is 8.31. The van der Waals surface area contributed by atoms with E-state index in [0.29, 0.717) is 0 Å². The lowest BCUT2D eigenvalue weighted by Crippen LogP contribution is -2.38. The second-order valence-corrected chi connectivity index (χ2v) is 6.29. The van der Waals surface area contributed by atoms with Crippen LogP contribution in [0.1, 0.15) is 57.9 Å². The summed E-state index contributed by atoms with van der Waals surface area (Å²) in [6, 6.07) is 9.18. The zero-order valence-electron chi connectivity index (χ0n) is 13.1. The number of rotatable bonds is 6. The molecule has 0 saturated heterocycles. The molecule has 112 valence electrons. The number of hydrogen-bond donors (Lipinski definition) is 1. The smallest absolute Gasteiger partial charge is 0.0314 e. The number of benzene rings is 1. The minimum atomic E-state index is 0.787. The van der Waals surface area contributed by atoms with Crippen molar-refractivity contribution in [3.8, 4) is 0 Å². The van der Waals surface area contributed by atoms with Gasteiger partial charge in [-0.15, -0.1) is 0 Å². The van der Waals surface area contributed by atoms with Gasteiger partial charge in [0, 0.05) is 18.3 Å². The maximum Gasteiger partial charge on any atom is 0.0314 e. The van der Waals surface area contributed by atoms with Crippen LogP contribution < -0.4 is 5.73 Å². The van der Waals surface area contributed by atoms with E-state index in [4.69, 9.17) is 5.73 Å². The third-order valence-electron chi connectivity index (χ3n) is 4.79. The molecule has 2 heteroatoms. The van der Waals surface area contributed by atoms with Gasteiger partial charge in [-0.25, -0.2) is 0 Å². The average molecular weight is 274 g/mol. The molecule has 1 aromatic carbocycles. The Morgan fingerprint density at radius 2 is 1.70 bits per heavy atom. The number of hydrogen-bond acceptors (Lipinski definition) is 2. The largest absolute Gasteiger partial charge is 0.399 e. The van der Waals surface area contributed by atoms with Crippen LogP contribution in [-0.2, 0) is 6.54 Å². The molecule has 2 nitrogen and oxygen atoms in total. The highest BCUT2D eigenvalue weighted by atomic mass is 15.1. The topological polar surface area (TPSA) is 29.3 Å². The van der Waals surface area contributed by atoms with Gasteiger partial charge in [-0.2, -0.15) is 0 Å². The van der Waals surface area contributed by atoms with Crippen LogP contribution in [0.2, 0.25) is 0 Å². The summed E-state index contributed by atoms with van der Waals surface area (Å²) in [4.78, 5) is 2.69. The Morgan fingerprint density at radius 1 is 1.05 bits per heavy atom. The van der Waals surface area contributed by atoms with Crippen LogP contribution in [0, 0.1) is 5.92 Å². The van der Waals surface area contributed by atoms with E-state index in [1.807, 2.05) is 12.1 Å². The van der Waals surface area contributed by atoms with E-state index in [9.17, 15) is 0 Å². The van der Waals surface area contributed by atoms with Gasteiger partial charge in [-0.05, 0) is 62.3 Å². The molecule has 1 fully saturated rings. The summed E-state index contributed by atoms with van der Waals surface area (Å²) in [6.07, 6.45) is 8.20. The molecule has 1 saturated carbocycles. The SMILES string of the molecule is CCCN(Cc1ccc(N)cc1)C1CCC(CC)CC1. The summed E-state index contributed by atoms with van der Waals surface area (Å²) in [5.74, 6) is 0.978. The zero-order valence-corrected chi connectivity index (χ0v) is 13.1. The number of nitrogens with two attached hydrogens (primary N) is 1. The maximum absolute atomic E-state index is 5.78. The number of anilines is 1. The normalized spacial score (nSPS) is 23.1. The van der Waals surface area contributed by atoms with Crippen molar-refractivity contribution in [1.82, 2.24) is 4.90 Å². The van der Waals surface area contributed by atoms with E-state index in [1.165, 1.54) is 50.6 Å². The molecule has 1 aliphatic carbocycles. The predicted molar refractivity (Wildman–Crippen MR) is 87.6 cm³/mol. The van der Waals surface area contributed by atoms with Gasteiger partial charge in [0.1, 0.15) is 0 Å². The van der Waals surface area contributed by atoms with Gasteiger partial charge >= 0.3 is 0 Å². The van der Waals surface area contributed by atoms with Crippen molar-refractivity contribution in [1.29, 1.82) is 0 Å². The van der Waals surface area contributed by atoms with Crippen molar-refractivity contribution in [2.24, 2.45) is 5.92 Å². The molecule has 2 N–H and O–H groups in total. The highest BCUT2D eigenvalue weighted by Crippen LogP contribution is 2.30. The second-order valence-electron chi connectivity index (χ2n) is 6.29. The quantitative estimate of drug-likeness (QED) is 0.777. The molecule has 0 aliphatic heterocycles. The van der Waals surface area contributed by atoms with Gasteiger partial charge in [0.25, 0.3) is 0 Å². The molecule has 0 spiro atoms. The molecule has 1 aliphatic rings. The highest BCUT2D eigenvalue weighted by Gasteiger charge is 2.24. The Hall–Kier alpha value is -1.02. The molecule has 0 aromatic heterocycles. The van der Waals surface area contributed by atoms with E-state index < -0.39 is 0 Å². The third kappa shape index (κ3) is 4.24. The Bertz CT molecular complexity index is 377. The molecular formula is C18H30N2. The van der Waals surface area contributed by atoms with E-state index in [1.54, 1.807) is 0 Å². The molecule has 0 radical (unpaired) electrons. The molecule has 0 bridgehead atoms. The molecule has 2 rings (SSSR count). The molecule has 20 heavy (non-hydrogen) atoms. The number of nitrogen functional groups attached to an aromatic ring is 1. The lowest BCUT2D eigenvalue weighted by Gasteiger charge is -2.36. The lowest BCUT2D eigenvalue weighted by molar-refractivity contribution is 0.128. The van der Waals surface area contributed by atoms with Crippen LogP contribution in [0.3, 0.4) is 0 Å². The minimum absolute atomic E-state index is 0.787. The first-order chi connectivity index (χ1) is 9.72. The van der Waals surface area contributed by atoms with Crippen LogP contribution in [0.15, 0.2) is 24.3 Å². The zero-order chi connectivity index (χ0) is 14.4. The summed E-state index contributed by atoms with van der Waals surface area (Å²) in [7, 11) is 0. The summed E-state index contributed by atoms with van der Waals surface area (Å²) < 4.78 is 0. The van der Waals surface area contributed by atoms with Crippen molar-refractivity contribution in [3.05, 3.63) is 29.8 Å². The van der Waals surface area contributed by atoms with Crippen LogP contribution in [0.5, 0.6) is 0 Å². The molecule has 0 unspecified atom stereocenters. The van der Waals surface area contributed by atoms with E-state index in [-0.39, 0.29) is 0 Å². The van der Waals surface area contributed by atoms with E-state index >= 15 is 0 Å². The Morgan fingerprint density at radius 3 is 2.25 bits per heavy atom. The standard InChI is InChI=1S/C18H30N2/c1-3-13-20(14-16-5-9-17(19)10-6-16)18-11-7-15(4-2)8-12-18/h5-6,9-10,15,18H,3-4,7-8,11-14,19H2,1-2H3. The van der Waals surface area contributed by atoms with Gasteiger partial charge in [0.15, 0.2) is 0 Å². The molecule has 0 atom stereocenters. The lowest BCUT2D eigenvalue weighted by atomic mass is 9.84. The minimum Gasteiger partial charge on any atom is -0.399 e. The Balaban J connectivity index is 1.94. The average Bonchev–Trinajstić information content (AvgIpc) is 2.49. The van der Waals surface area contributed by atoms with Crippen molar-refractivity contribution in [2.45, 2.75) is 65.0 Å². The van der Waals surface area contributed by atoms with Gasteiger partial charge in [-0.3, -0.25) is 4.90 Å². The van der Waals surface area contributed by atoms with Crippen LogP contribution in [0.4, 0.5) is 5.69 Å². The highest BCUT2D eigenvalue weighted by molar-refractivity contribution is 5.39. The maximum atomic E-state index is 5.78. The molecule has 0 heterocycles. The van der Waals surface area contributed by atoms with Crippen molar-refractivity contribution in [3.63, 3.8) is 0 Å². The Kier molecular flexibility index (Phi) is 5.90. The van der Waals surface area contributed by atoms with Crippen LogP contribution >= 0.6 is 0 Å². The van der Waals surface area contributed by atoms with Crippen LogP contribution in [0.25, 0.3) is 0 Å². The van der Waals surface area contributed by atoms with Gasteiger partial charge in [-0.1, -0.05) is 32.4 Å². The first kappa shape index (κ1) is 15.4. The van der Waals surface area contributed by atoms with Crippen molar-refractivity contribution in [2.75, 3.05) is 12.3 Å². The van der Waals surface area contributed by atoms with E-state index in [2.05, 4.69) is 30.9 Å². The summed E-state index contributed by atoms with van der Waals surface area (Å²) >= 11 is 0. The third-order valence-corrected chi connectivity index (χ3v) is 4.79. The first-order valence-corrected chi connectivity index (χ1v) is 8.31. The summed E-state index contributed by atoms with van der Waals surface area (Å²) in [5, 5.41) is 0. The van der Waals surface area contributed by atoms with Crippen molar-refractivity contribution >= 4 is 5.69 Å². The fourth-order valence-electron chi connectivity index (χ4n) is 3.45. The van der Waals surface area contributed by atoms with Crippen LogP contribution in [-0.4, -0.2) is 17.5 Å². The monoisotopic (exact) mass is 274 g/mol. The van der Waals surface area contributed by atoms with Crippen molar-refractivity contribution < 1.29 is 0 Å². The molecule has 1 aromatic rings. The van der Waals surface area contributed by atoms with E-state index in [0.717, 1.165) is 24.2 Å². The summed E-state index contributed by atoms with van der Waals surface area (Å²) in [6.45, 7) is 6.91. The fraction of sp³-hybridized carbons (Fsp3) is 0.667. The Labute approximate surface area is 124 Å². The summed E-state index contributed by atoms with van der Waals surface area (Å²) in [5.41, 5.74) is 8.03. The van der Waals surface area contributed by atoms with Gasteiger partial charge in [0.2, 0.25) is 0 Å².